The van der Waals surface area contributed by atoms with E-state index in [1.165, 1.54) is 10.8 Å². The number of aromatic nitrogens is 5. The highest BCUT2D eigenvalue weighted by atomic mass is 16.3. The third-order valence-electron chi connectivity index (χ3n) is 11.7. The van der Waals surface area contributed by atoms with Crippen LogP contribution in [-0.2, 0) is 0 Å². The fourth-order valence-electron chi connectivity index (χ4n) is 8.46. The van der Waals surface area contributed by atoms with Gasteiger partial charge in [0, 0.05) is 44.2 Å². The molecular weight excluding hydrogens is 771 g/mol. The van der Waals surface area contributed by atoms with Crippen molar-refractivity contribution >= 4 is 43.5 Å². The Morgan fingerprint density at radius 2 is 0.683 bits per heavy atom. The third kappa shape index (κ3) is 6.86. The highest BCUT2D eigenvalue weighted by Crippen LogP contribution is 2.36. The summed E-state index contributed by atoms with van der Waals surface area (Å²) in [7, 11) is 0. The maximum Gasteiger partial charge on any atom is 0.164 e. The Kier molecular flexibility index (Phi) is 8.71. The van der Waals surface area contributed by atoms with Crippen molar-refractivity contribution in [1.29, 1.82) is 0 Å². The summed E-state index contributed by atoms with van der Waals surface area (Å²) in [5, 5.41) is 6.76. The second kappa shape index (κ2) is 15.1. The van der Waals surface area contributed by atoms with Gasteiger partial charge < -0.3 is 4.42 Å². The van der Waals surface area contributed by atoms with Crippen LogP contribution < -0.4 is 0 Å². The van der Waals surface area contributed by atoms with E-state index in [-0.39, 0.29) is 0 Å². The first-order valence-electron chi connectivity index (χ1n) is 21.0. The Hall–Kier alpha value is -8.61. The molecule has 294 valence electrons. The summed E-state index contributed by atoms with van der Waals surface area (Å²) < 4.78 is 6.28. The van der Waals surface area contributed by atoms with Gasteiger partial charge in [0.15, 0.2) is 23.3 Å². The maximum absolute atomic E-state index is 6.28. The van der Waals surface area contributed by atoms with Crippen molar-refractivity contribution in [3.05, 3.63) is 212 Å². The van der Waals surface area contributed by atoms with Gasteiger partial charge in [-0.25, -0.2) is 24.9 Å². The summed E-state index contributed by atoms with van der Waals surface area (Å²) in [5.74, 6) is 2.49. The SMILES string of the molecule is c1ccc(-c2nc(-c3cccc(-c4cccc(-c5nc(-c6ccc7ccccc7c6)nc(-c6ccc7ccccc7c6)n5)c4)c3)cc(-c3ccc4c(c3)oc3ccccc34)n2)cc1. The van der Waals surface area contributed by atoms with Gasteiger partial charge in [0.25, 0.3) is 0 Å². The first-order chi connectivity index (χ1) is 31.1. The van der Waals surface area contributed by atoms with E-state index in [0.717, 1.165) is 88.6 Å². The number of hydrogen-bond donors (Lipinski definition) is 0. The molecule has 0 spiro atoms. The summed E-state index contributed by atoms with van der Waals surface area (Å²) in [5.41, 5.74) is 11.0. The molecule has 0 saturated carbocycles. The molecule has 0 amide bonds. The lowest BCUT2D eigenvalue weighted by molar-refractivity contribution is 0.669. The van der Waals surface area contributed by atoms with Crippen LogP contribution in [0, 0.1) is 0 Å². The van der Waals surface area contributed by atoms with Crippen LogP contribution in [0.15, 0.2) is 217 Å². The minimum atomic E-state index is 0.601. The van der Waals surface area contributed by atoms with Crippen molar-refractivity contribution in [2.75, 3.05) is 0 Å². The molecule has 0 unspecified atom stereocenters. The molecular formula is C57H35N5O. The highest BCUT2D eigenvalue weighted by Gasteiger charge is 2.17. The standard InChI is InChI=1S/C57H35N5O/c1-2-14-38(15-3-1)54-58-50(35-51(59-54)44-28-29-49-48-22-8-9-23-52(48)63-53(49)34-44)43-20-10-18-41(30-43)42-19-11-21-45(33-42)55-60-56(46-26-24-36-12-4-6-16-39(36)31-46)62-57(61-55)47-27-25-37-13-5-7-17-40(37)32-47/h1-35H. The van der Waals surface area contributed by atoms with Crippen LogP contribution in [0.25, 0.3) is 123 Å². The van der Waals surface area contributed by atoms with E-state index < -0.39 is 0 Å². The molecule has 0 N–H and O–H groups in total. The minimum absolute atomic E-state index is 0.601. The van der Waals surface area contributed by atoms with Crippen LogP contribution in [0.1, 0.15) is 0 Å². The lowest BCUT2D eigenvalue weighted by Crippen LogP contribution is -2.00. The van der Waals surface area contributed by atoms with Crippen molar-refractivity contribution in [3.8, 4) is 79.2 Å². The van der Waals surface area contributed by atoms with Crippen LogP contribution >= 0.6 is 0 Å². The first-order valence-corrected chi connectivity index (χ1v) is 21.0. The quantitative estimate of drug-likeness (QED) is 0.160. The molecule has 0 atom stereocenters. The van der Waals surface area contributed by atoms with Crippen LogP contribution in [0.4, 0.5) is 0 Å². The predicted octanol–water partition coefficient (Wildman–Crippen LogP) is 14.5. The van der Waals surface area contributed by atoms with Gasteiger partial charge in [-0.3, -0.25) is 0 Å². The molecule has 12 rings (SSSR count). The smallest absolute Gasteiger partial charge is 0.164 e. The van der Waals surface area contributed by atoms with E-state index in [0.29, 0.717) is 23.3 Å². The van der Waals surface area contributed by atoms with Crippen LogP contribution in [0.2, 0.25) is 0 Å². The van der Waals surface area contributed by atoms with Gasteiger partial charge in [0.1, 0.15) is 11.2 Å². The van der Waals surface area contributed by atoms with Crippen LogP contribution in [0.5, 0.6) is 0 Å². The number of rotatable bonds is 7. The Morgan fingerprint density at radius 1 is 0.238 bits per heavy atom. The largest absolute Gasteiger partial charge is 0.456 e. The minimum Gasteiger partial charge on any atom is -0.456 e. The zero-order valence-electron chi connectivity index (χ0n) is 33.9. The zero-order valence-corrected chi connectivity index (χ0v) is 33.9. The maximum atomic E-state index is 6.28. The predicted molar refractivity (Wildman–Crippen MR) is 256 cm³/mol. The van der Waals surface area contributed by atoms with Crippen molar-refractivity contribution in [1.82, 2.24) is 24.9 Å². The highest BCUT2D eigenvalue weighted by molar-refractivity contribution is 6.06. The van der Waals surface area contributed by atoms with Gasteiger partial charge in [-0.15, -0.1) is 0 Å². The first kappa shape index (κ1) is 36.3. The number of para-hydroxylation sites is 1. The number of fused-ring (bicyclic) bond motifs is 5. The summed E-state index contributed by atoms with van der Waals surface area (Å²) in [6.45, 7) is 0. The molecule has 0 saturated heterocycles. The van der Waals surface area contributed by atoms with Gasteiger partial charge in [-0.2, -0.15) is 0 Å². The second-order valence-corrected chi connectivity index (χ2v) is 15.7. The van der Waals surface area contributed by atoms with E-state index in [9.17, 15) is 0 Å². The summed E-state index contributed by atoms with van der Waals surface area (Å²) in [6.07, 6.45) is 0. The van der Waals surface area contributed by atoms with E-state index in [1.54, 1.807) is 0 Å². The summed E-state index contributed by atoms with van der Waals surface area (Å²) >= 11 is 0. The monoisotopic (exact) mass is 805 g/mol. The molecule has 0 aliphatic heterocycles. The van der Waals surface area contributed by atoms with Crippen molar-refractivity contribution in [2.24, 2.45) is 0 Å². The second-order valence-electron chi connectivity index (χ2n) is 15.7. The molecule has 0 aliphatic carbocycles. The Balaban J connectivity index is 0.953. The summed E-state index contributed by atoms with van der Waals surface area (Å²) in [4.78, 5) is 25.6. The molecule has 63 heavy (non-hydrogen) atoms. The average molecular weight is 806 g/mol. The molecule has 12 aromatic rings. The molecule has 0 bridgehead atoms. The van der Waals surface area contributed by atoms with Crippen molar-refractivity contribution < 1.29 is 4.42 Å². The fraction of sp³-hybridized carbons (Fsp3) is 0. The van der Waals surface area contributed by atoms with E-state index in [2.05, 4.69) is 164 Å². The third-order valence-corrected chi connectivity index (χ3v) is 11.7. The molecule has 0 aliphatic rings. The molecule has 3 aromatic heterocycles. The van der Waals surface area contributed by atoms with Gasteiger partial charge in [0.05, 0.1) is 11.4 Å². The Bertz CT molecular complexity index is 3610. The molecule has 0 fully saturated rings. The van der Waals surface area contributed by atoms with Crippen LogP contribution in [0.3, 0.4) is 0 Å². The molecule has 3 heterocycles. The number of nitrogens with zero attached hydrogens (tertiary/aromatic N) is 5. The lowest BCUT2D eigenvalue weighted by atomic mass is 9.99. The van der Waals surface area contributed by atoms with Crippen molar-refractivity contribution in [3.63, 3.8) is 0 Å². The zero-order chi connectivity index (χ0) is 41.7. The lowest BCUT2D eigenvalue weighted by Gasteiger charge is -2.12. The number of hydrogen-bond acceptors (Lipinski definition) is 6. The fourth-order valence-corrected chi connectivity index (χ4v) is 8.46. The number of benzene rings is 9. The van der Waals surface area contributed by atoms with Crippen molar-refractivity contribution in [2.45, 2.75) is 0 Å². The van der Waals surface area contributed by atoms with Gasteiger partial charge >= 0.3 is 0 Å². The molecule has 6 nitrogen and oxygen atoms in total. The Labute approximate surface area is 362 Å². The topological polar surface area (TPSA) is 77.6 Å². The number of furan rings is 1. The average Bonchev–Trinajstić information content (AvgIpc) is 3.74. The van der Waals surface area contributed by atoms with Gasteiger partial charge in [-0.05, 0) is 81.2 Å². The molecule has 0 radical (unpaired) electrons. The van der Waals surface area contributed by atoms with E-state index >= 15 is 0 Å². The van der Waals surface area contributed by atoms with E-state index in [4.69, 9.17) is 29.3 Å². The van der Waals surface area contributed by atoms with E-state index in [1.807, 2.05) is 48.5 Å². The van der Waals surface area contributed by atoms with Crippen LogP contribution in [-0.4, -0.2) is 24.9 Å². The summed E-state index contributed by atoms with van der Waals surface area (Å²) in [6, 6.07) is 73.0. The van der Waals surface area contributed by atoms with Gasteiger partial charge in [0.2, 0.25) is 0 Å². The molecule has 6 heteroatoms. The normalized spacial score (nSPS) is 11.5. The van der Waals surface area contributed by atoms with Gasteiger partial charge in [-0.1, -0.05) is 164 Å². The molecule has 9 aromatic carbocycles. The Morgan fingerprint density at radius 3 is 1.33 bits per heavy atom.